The van der Waals surface area contributed by atoms with Gasteiger partial charge in [-0.3, -0.25) is 4.79 Å². The molecule has 6 nitrogen and oxygen atoms in total. The molecular formula is C12H24O6. The number of rotatable bonds is 4. The van der Waals surface area contributed by atoms with Crippen LogP contribution in [0.25, 0.3) is 0 Å². The number of aliphatic hydroxyl groups is 1. The van der Waals surface area contributed by atoms with Gasteiger partial charge in [0, 0.05) is 14.0 Å². The van der Waals surface area contributed by atoms with Gasteiger partial charge in [-0.15, -0.1) is 6.58 Å². The topological polar surface area (TPSA) is 82.1 Å². The van der Waals surface area contributed by atoms with E-state index >= 15 is 0 Å². The van der Waals surface area contributed by atoms with Crippen LogP contribution in [0.1, 0.15) is 20.8 Å². The summed E-state index contributed by atoms with van der Waals surface area (Å²) in [6, 6.07) is 0. The van der Waals surface area contributed by atoms with Gasteiger partial charge >= 0.3 is 11.9 Å². The average Bonchev–Trinajstić information content (AvgIpc) is 2.29. The summed E-state index contributed by atoms with van der Waals surface area (Å²) in [6.07, 6.45) is 0.755. The van der Waals surface area contributed by atoms with Crippen molar-refractivity contribution in [2.75, 3.05) is 27.4 Å². The van der Waals surface area contributed by atoms with Gasteiger partial charge in [-0.2, -0.15) is 0 Å². The van der Waals surface area contributed by atoms with Crippen molar-refractivity contribution < 1.29 is 28.9 Å². The summed E-state index contributed by atoms with van der Waals surface area (Å²) >= 11 is 0. The van der Waals surface area contributed by atoms with Crippen molar-refractivity contribution in [3.63, 3.8) is 0 Å². The van der Waals surface area contributed by atoms with Crippen LogP contribution in [0.4, 0.5) is 0 Å². The molecule has 0 heterocycles. The molecule has 0 amide bonds. The van der Waals surface area contributed by atoms with Gasteiger partial charge in [-0.1, -0.05) is 6.08 Å². The molecule has 0 aromatic carbocycles. The Balaban J connectivity index is -0.000000207. The standard InChI is InChI=1S/C5H10O3.C4H8O3.C3H6/c1-5(6)8-4-3-7-2;1-3(5)4(6)7-2;1-3-2/h3-4H2,1-2H3;3,5H,1-2H3;3H,1H2,2H3. The van der Waals surface area contributed by atoms with Gasteiger partial charge in [0.15, 0.2) is 0 Å². The Bertz CT molecular complexity index is 213. The molecule has 0 aromatic rings. The Morgan fingerprint density at radius 3 is 1.94 bits per heavy atom. The SMILES string of the molecule is C=CC.COC(=O)C(C)O.COCCOC(C)=O. The first-order valence-corrected chi connectivity index (χ1v) is 5.32. The fraction of sp³-hybridized carbons (Fsp3) is 0.667. The number of hydrogen-bond acceptors (Lipinski definition) is 6. The first-order chi connectivity index (χ1) is 8.37. The average molecular weight is 264 g/mol. The second-order valence-corrected chi connectivity index (χ2v) is 2.94. The molecule has 1 unspecified atom stereocenters. The highest BCUT2D eigenvalue weighted by atomic mass is 16.6. The van der Waals surface area contributed by atoms with Crippen molar-refractivity contribution in [2.45, 2.75) is 26.9 Å². The van der Waals surface area contributed by atoms with E-state index in [1.165, 1.54) is 21.0 Å². The monoisotopic (exact) mass is 264 g/mol. The van der Waals surface area contributed by atoms with Crippen molar-refractivity contribution in [3.8, 4) is 0 Å². The van der Waals surface area contributed by atoms with Crippen molar-refractivity contribution in [1.82, 2.24) is 0 Å². The van der Waals surface area contributed by atoms with Gasteiger partial charge in [0.25, 0.3) is 0 Å². The molecule has 108 valence electrons. The lowest BCUT2D eigenvalue weighted by Crippen LogP contribution is -2.16. The van der Waals surface area contributed by atoms with Crippen LogP contribution in [-0.4, -0.2) is 50.6 Å². The number of methoxy groups -OCH3 is 2. The van der Waals surface area contributed by atoms with Crippen LogP contribution in [0.15, 0.2) is 12.7 Å². The molecule has 0 spiro atoms. The molecule has 0 rings (SSSR count). The third-order valence-electron chi connectivity index (χ3n) is 1.14. The molecule has 0 aliphatic carbocycles. The third kappa shape index (κ3) is 29.3. The fourth-order valence-electron chi connectivity index (χ4n) is 0.439. The maximum Gasteiger partial charge on any atom is 0.334 e. The largest absolute Gasteiger partial charge is 0.467 e. The molecular weight excluding hydrogens is 240 g/mol. The van der Waals surface area contributed by atoms with E-state index in [-0.39, 0.29) is 5.97 Å². The zero-order chi connectivity index (χ0) is 15.0. The Morgan fingerprint density at radius 1 is 1.33 bits per heavy atom. The first-order valence-electron chi connectivity index (χ1n) is 5.32. The van der Waals surface area contributed by atoms with Gasteiger partial charge in [-0.05, 0) is 13.8 Å². The van der Waals surface area contributed by atoms with E-state index in [1.54, 1.807) is 13.2 Å². The molecule has 0 aromatic heterocycles. The summed E-state index contributed by atoms with van der Waals surface area (Å²) in [5, 5.41) is 8.35. The van der Waals surface area contributed by atoms with Crippen molar-refractivity contribution in [1.29, 1.82) is 0 Å². The number of ether oxygens (including phenoxy) is 3. The molecule has 0 bridgehead atoms. The normalized spacial score (nSPS) is 9.67. The highest BCUT2D eigenvalue weighted by Gasteiger charge is 2.05. The smallest absolute Gasteiger partial charge is 0.334 e. The number of carbonyl (C=O) groups is 2. The highest BCUT2D eigenvalue weighted by molar-refractivity contribution is 5.73. The minimum absolute atomic E-state index is 0.262. The molecule has 6 heteroatoms. The number of aliphatic hydroxyl groups excluding tert-OH is 1. The summed E-state index contributed by atoms with van der Waals surface area (Å²) in [5.74, 6) is -0.859. The van der Waals surface area contributed by atoms with E-state index in [4.69, 9.17) is 5.11 Å². The lowest BCUT2D eigenvalue weighted by molar-refractivity contribution is -0.149. The van der Waals surface area contributed by atoms with Gasteiger partial charge in [0.05, 0.1) is 13.7 Å². The predicted octanol–water partition coefficient (Wildman–Crippen LogP) is 0.928. The second-order valence-electron chi connectivity index (χ2n) is 2.94. The minimum atomic E-state index is -0.995. The Morgan fingerprint density at radius 2 is 1.78 bits per heavy atom. The first kappa shape index (κ1) is 21.8. The lowest BCUT2D eigenvalue weighted by atomic mass is 10.4. The summed E-state index contributed by atoms with van der Waals surface area (Å²) in [7, 11) is 2.79. The van der Waals surface area contributed by atoms with Crippen molar-refractivity contribution in [3.05, 3.63) is 12.7 Å². The van der Waals surface area contributed by atoms with Crippen LogP contribution in [-0.2, 0) is 23.8 Å². The van der Waals surface area contributed by atoms with Crippen molar-refractivity contribution >= 4 is 11.9 Å². The second kappa shape index (κ2) is 18.0. The van der Waals surface area contributed by atoms with Crippen LogP contribution < -0.4 is 0 Å². The van der Waals surface area contributed by atoms with Gasteiger partial charge in [0.2, 0.25) is 0 Å². The Hall–Kier alpha value is -1.40. The molecule has 0 aliphatic rings. The number of hydrogen-bond donors (Lipinski definition) is 1. The summed E-state index contributed by atoms with van der Waals surface area (Å²) in [5.41, 5.74) is 0. The highest BCUT2D eigenvalue weighted by Crippen LogP contribution is 1.80. The minimum Gasteiger partial charge on any atom is -0.467 e. The molecule has 0 fully saturated rings. The van der Waals surface area contributed by atoms with E-state index < -0.39 is 12.1 Å². The van der Waals surface area contributed by atoms with Crippen LogP contribution >= 0.6 is 0 Å². The summed E-state index contributed by atoms with van der Waals surface area (Å²) in [4.78, 5) is 20.1. The van der Waals surface area contributed by atoms with Gasteiger partial charge < -0.3 is 19.3 Å². The predicted molar refractivity (Wildman–Crippen MR) is 68.1 cm³/mol. The van der Waals surface area contributed by atoms with E-state index in [0.29, 0.717) is 13.2 Å². The zero-order valence-electron chi connectivity index (χ0n) is 11.8. The number of allylic oxidation sites excluding steroid dienone is 1. The fourth-order valence-corrected chi connectivity index (χ4v) is 0.439. The van der Waals surface area contributed by atoms with Crippen LogP contribution in [0, 0.1) is 0 Å². The number of carbonyl (C=O) groups excluding carboxylic acids is 2. The molecule has 0 radical (unpaired) electrons. The van der Waals surface area contributed by atoms with Gasteiger partial charge in [-0.25, -0.2) is 4.79 Å². The van der Waals surface area contributed by atoms with Gasteiger partial charge in [0.1, 0.15) is 12.7 Å². The molecule has 0 saturated heterocycles. The molecule has 0 aliphatic heterocycles. The van der Waals surface area contributed by atoms with E-state index in [1.807, 2.05) is 6.92 Å². The quantitative estimate of drug-likeness (QED) is 0.462. The molecule has 1 atom stereocenters. The van der Waals surface area contributed by atoms with Crippen molar-refractivity contribution in [2.24, 2.45) is 0 Å². The third-order valence-corrected chi connectivity index (χ3v) is 1.14. The van der Waals surface area contributed by atoms with E-state index in [9.17, 15) is 9.59 Å². The Labute approximate surface area is 109 Å². The summed E-state index contributed by atoms with van der Waals surface area (Å²) in [6.45, 7) is 8.80. The lowest BCUT2D eigenvalue weighted by Gasteiger charge is -1.97. The van der Waals surface area contributed by atoms with Crippen LogP contribution in [0.3, 0.4) is 0 Å². The summed E-state index contributed by atoms with van der Waals surface area (Å²) < 4.78 is 13.3. The molecule has 0 saturated carbocycles. The molecule has 1 N–H and O–H groups in total. The maximum absolute atomic E-state index is 10.0. The Kier molecular flexibility index (Phi) is 21.8. The van der Waals surface area contributed by atoms with E-state index in [2.05, 4.69) is 20.8 Å². The van der Waals surface area contributed by atoms with E-state index in [0.717, 1.165) is 0 Å². The van der Waals surface area contributed by atoms with Crippen LogP contribution in [0.2, 0.25) is 0 Å². The number of esters is 2. The maximum atomic E-state index is 10.0. The zero-order valence-corrected chi connectivity index (χ0v) is 11.8. The molecule has 18 heavy (non-hydrogen) atoms. The van der Waals surface area contributed by atoms with Crippen LogP contribution in [0.5, 0.6) is 0 Å².